The van der Waals surface area contributed by atoms with Crippen LogP contribution in [0, 0.1) is 0 Å². The van der Waals surface area contributed by atoms with Crippen LogP contribution in [0.1, 0.15) is 11.1 Å². The van der Waals surface area contributed by atoms with Crippen LogP contribution in [0.25, 0.3) is 0 Å². The summed E-state index contributed by atoms with van der Waals surface area (Å²) in [7, 11) is 0. The van der Waals surface area contributed by atoms with E-state index in [2.05, 4.69) is 27.2 Å². The van der Waals surface area contributed by atoms with Gasteiger partial charge < -0.3 is 15.8 Å². The molecule has 2 heterocycles. The van der Waals surface area contributed by atoms with E-state index in [1.165, 1.54) is 5.56 Å². The molecular weight excluding hydrogens is 240 g/mol. The van der Waals surface area contributed by atoms with Crippen LogP contribution >= 0.6 is 0 Å². The second-order valence-electron chi connectivity index (χ2n) is 4.39. The van der Waals surface area contributed by atoms with Gasteiger partial charge >= 0.3 is 0 Å². The molecule has 3 N–H and O–H groups in total. The molecular formula is C14H14N4O. The highest BCUT2D eigenvalue weighted by Gasteiger charge is 2.23. The number of nitrogens with zero attached hydrogens (tertiary/aromatic N) is 3. The Labute approximate surface area is 111 Å². The zero-order valence-electron chi connectivity index (χ0n) is 10.3. The maximum Gasteiger partial charge on any atom is 0.173 e. The van der Waals surface area contributed by atoms with Crippen LogP contribution in [-0.4, -0.2) is 22.6 Å². The topological polar surface area (TPSA) is 74.7 Å². The van der Waals surface area contributed by atoms with E-state index in [9.17, 15) is 0 Å². The molecule has 2 aromatic rings. The van der Waals surface area contributed by atoms with Gasteiger partial charge in [-0.3, -0.25) is 0 Å². The summed E-state index contributed by atoms with van der Waals surface area (Å²) in [4.78, 5) is 6.48. The average Bonchev–Trinajstić information content (AvgIpc) is 2.90. The molecule has 0 aliphatic carbocycles. The molecule has 0 saturated carbocycles. The number of rotatable bonds is 2. The van der Waals surface area contributed by atoms with E-state index >= 15 is 0 Å². The Kier molecular flexibility index (Phi) is 2.79. The summed E-state index contributed by atoms with van der Waals surface area (Å²) in [6.45, 7) is 0.849. The maximum atomic E-state index is 8.87. The predicted octanol–water partition coefficient (Wildman–Crippen LogP) is 1.87. The minimum atomic E-state index is 0.0764. The second-order valence-corrected chi connectivity index (χ2v) is 4.39. The number of aromatic nitrogens is 1. The van der Waals surface area contributed by atoms with Crippen LogP contribution in [-0.2, 0) is 6.42 Å². The number of hydrogen-bond acceptors (Lipinski definition) is 4. The Morgan fingerprint density at radius 1 is 1.26 bits per heavy atom. The van der Waals surface area contributed by atoms with Crippen molar-refractivity contribution < 1.29 is 5.21 Å². The van der Waals surface area contributed by atoms with Gasteiger partial charge in [-0.25, -0.2) is 4.98 Å². The van der Waals surface area contributed by atoms with E-state index in [4.69, 9.17) is 10.9 Å². The molecule has 0 saturated heterocycles. The van der Waals surface area contributed by atoms with Gasteiger partial charge in [-0.2, -0.15) is 0 Å². The Balaban J connectivity index is 2.10. The van der Waals surface area contributed by atoms with E-state index in [-0.39, 0.29) is 5.84 Å². The molecule has 0 radical (unpaired) electrons. The first-order valence-electron chi connectivity index (χ1n) is 6.09. The average molecular weight is 254 g/mol. The van der Waals surface area contributed by atoms with Crippen molar-refractivity contribution >= 4 is 17.3 Å². The van der Waals surface area contributed by atoms with E-state index in [1.54, 1.807) is 18.3 Å². The highest BCUT2D eigenvalue weighted by molar-refractivity contribution is 6.02. The fourth-order valence-corrected chi connectivity index (χ4v) is 2.42. The first-order chi connectivity index (χ1) is 9.31. The third-order valence-electron chi connectivity index (χ3n) is 3.31. The van der Waals surface area contributed by atoms with Crippen molar-refractivity contribution in [2.45, 2.75) is 6.42 Å². The van der Waals surface area contributed by atoms with Crippen molar-refractivity contribution in [2.75, 3.05) is 11.4 Å². The van der Waals surface area contributed by atoms with Crippen molar-refractivity contribution in [1.82, 2.24) is 4.98 Å². The molecule has 0 fully saturated rings. The van der Waals surface area contributed by atoms with Crippen molar-refractivity contribution in [2.24, 2.45) is 10.9 Å². The minimum Gasteiger partial charge on any atom is -0.409 e. The number of para-hydroxylation sites is 1. The Hall–Kier alpha value is -2.56. The zero-order chi connectivity index (χ0) is 13.2. The number of amidine groups is 1. The van der Waals surface area contributed by atoms with Gasteiger partial charge in [0, 0.05) is 18.4 Å². The van der Waals surface area contributed by atoms with Crippen LogP contribution in [0.15, 0.2) is 47.8 Å². The van der Waals surface area contributed by atoms with Gasteiger partial charge in [0.1, 0.15) is 5.82 Å². The lowest BCUT2D eigenvalue weighted by atomic mass is 10.2. The van der Waals surface area contributed by atoms with Crippen LogP contribution in [0.2, 0.25) is 0 Å². The van der Waals surface area contributed by atoms with Gasteiger partial charge in [0.15, 0.2) is 5.84 Å². The highest BCUT2D eigenvalue weighted by Crippen LogP contribution is 2.34. The smallest absolute Gasteiger partial charge is 0.173 e. The standard InChI is InChI=1S/C14H14N4O/c15-13(17-19)11-5-3-8-16-14(11)18-9-7-10-4-1-2-6-12(10)18/h1-6,8,19H,7,9H2,(H2,15,17). The number of oxime groups is 1. The van der Waals surface area contributed by atoms with Gasteiger partial charge in [0.2, 0.25) is 0 Å². The molecule has 19 heavy (non-hydrogen) atoms. The molecule has 0 unspecified atom stereocenters. The van der Waals surface area contributed by atoms with Crippen molar-refractivity contribution in [3.8, 4) is 0 Å². The first kappa shape index (κ1) is 11.5. The lowest BCUT2D eigenvalue weighted by Crippen LogP contribution is -2.22. The molecule has 1 aromatic heterocycles. The number of pyridine rings is 1. The summed E-state index contributed by atoms with van der Waals surface area (Å²) < 4.78 is 0. The van der Waals surface area contributed by atoms with E-state index in [1.807, 2.05) is 12.1 Å². The molecule has 5 nitrogen and oxygen atoms in total. The summed E-state index contributed by atoms with van der Waals surface area (Å²) in [5.74, 6) is 0.801. The third-order valence-corrected chi connectivity index (χ3v) is 3.31. The van der Waals surface area contributed by atoms with Crippen molar-refractivity contribution in [1.29, 1.82) is 0 Å². The molecule has 1 aliphatic heterocycles. The molecule has 0 atom stereocenters. The molecule has 96 valence electrons. The zero-order valence-corrected chi connectivity index (χ0v) is 10.3. The SMILES string of the molecule is NC(=NO)c1cccnc1N1CCc2ccccc21. The van der Waals surface area contributed by atoms with E-state index in [0.717, 1.165) is 24.5 Å². The molecule has 0 bridgehead atoms. The molecule has 1 aliphatic rings. The number of nitrogens with two attached hydrogens (primary N) is 1. The molecule has 3 rings (SSSR count). The molecule has 0 spiro atoms. The summed E-state index contributed by atoms with van der Waals surface area (Å²) in [5, 5.41) is 11.9. The van der Waals surface area contributed by atoms with Crippen LogP contribution in [0.4, 0.5) is 11.5 Å². The summed E-state index contributed by atoms with van der Waals surface area (Å²) in [6, 6.07) is 11.8. The third kappa shape index (κ3) is 1.89. The number of hydrogen-bond donors (Lipinski definition) is 2. The fraction of sp³-hybridized carbons (Fsp3) is 0.143. The Bertz CT molecular complexity index is 639. The van der Waals surface area contributed by atoms with E-state index < -0.39 is 0 Å². The van der Waals surface area contributed by atoms with Crippen molar-refractivity contribution in [3.05, 3.63) is 53.7 Å². The monoisotopic (exact) mass is 254 g/mol. The van der Waals surface area contributed by atoms with E-state index in [0.29, 0.717) is 5.56 Å². The predicted molar refractivity (Wildman–Crippen MR) is 73.9 cm³/mol. The summed E-state index contributed by atoms with van der Waals surface area (Å²) in [6.07, 6.45) is 2.69. The molecule has 5 heteroatoms. The largest absolute Gasteiger partial charge is 0.409 e. The van der Waals surface area contributed by atoms with Gasteiger partial charge in [0.25, 0.3) is 0 Å². The van der Waals surface area contributed by atoms with Gasteiger partial charge in [0.05, 0.1) is 5.56 Å². The number of fused-ring (bicyclic) bond motifs is 1. The fourth-order valence-electron chi connectivity index (χ4n) is 2.42. The Morgan fingerprint density at radius 3 is 2.95 bits per heavy atom. The van der Waals surface area contributed by atoms with Crippen molar-refractivity contribution in [3.63, 3.8) is 0 Å². The van der Waals surface area contributed by atoms with Gasteiger partial charge in [-0.15, -0.1) is 0 Å². The van der Waals surface area contributed by atoms with Crippen LogP contribution in [0.3, 0.4) is 0 Å². The second kappa shape index (κ2) is 4.61. The maximum absolute atomic E-state index is 8.87. The normalized spacial score (nSPS) is 14.5. The lowest BCUT2D eigenvalue weighted by molar-refractivity contribution is 0.318. The van der Waals surface area contributed by atoms with Gasteiger partial charge in [-0.05, 0) is 30.2 Å². The lowest BCUT2D eigenvalue weighted by Gasteiger charge is -2.20. The summed E-state index contributed by atoms with van der Waals surface area (Å²) in [5.41, 5.74) is 8.78. The minimum absolute atomic E-state index is 0.0764. The number of benzene rings is 1. The number of anilines is 2. The first-order valence-corrected chi connectivity index (χ1v) is 6.09. The van der Waals surface area contributed by atoms with Gasteiger partial charge in [-0.1, -0.05) is 23.4 Å². The van der Waals surface area contributed by atoms with Crippen LogP contribution < -0.4 is 10.6 Å². The molecule has 1 aromatic carbocycles. The highest BCUT2D eigenvalue weighted by atomic mass is 16.4. The summed E-state index contributed by atoms with van der Waals surface area (Å²) >= 11 is 0. The molecule has 0 amide bonds. The quantitative estimate of drug-likeness (QED) is 0.371. The van der Waals surface area contributed by atoms with Crippen LogP contribution in [0.5, 0.6) is 0 Å². The Morgan fingerprint density at radius 2 is 2.11 bits per heavy atom.